The third kappa shape index (κ3) is 1.89. The molecule has 1 amide bonds. The molecular weight excluding hydrogens is 264 g/mol. The number of aryl methyl sites for hydroxylation is 1. The van der Waals surface area contributed by atoms with Crippen molar-refractivity contribution in [1.29, 1.82) is 0 Å². The number of fused-ring (bicyclic) bond motifs is 1. The second-order valence-corrected chi connectivity index (χ2v) is 5.16. The number of likely N-dealkylation sites (tertiary alicyclic amines) is 1. The number of imidazole rings is 1. The van der Waals surface area contributed by atoms with Gasteiger partial charge in [-0.2, -0.15) is 0 Å². The van der Waals surface area contributed by atoms with E-state index >= 15 is 0 Å². The molecule has 2 aromatic heterocycles. The minimum atomic E-state index is -0.224. The van der Waals surface area contributed by atoms with E-state index in [1.807, 2.05) is 30.7 Å². The zero-order valence-corrected chi connectivity index (χ0v) is 11.7. The first kappa shape index (κ1) is 12.4. The third-order valence-corrected chi connectivity index (χ3v) is 3.82. The predicted octanol–water partition coefficient (Wildman–Crippen LogP) is 1.88. The lowest BCUT2D eigenvalue weighted by Crippen LogP contribution is -2.25. The predicted molar refractivity (Wildman–Crippen MR) is 73.1 cm³/mol. The number of likely N-dealkylation sites (N-methyl/N-ethyl adjacent to an activating group) is 1. The zero-order valence-electron chi connectivity index (χ0n) is 10.9. The van der Waals surface area contributed by atoms with Crippen LogP contribution in [0.3, 0.4) is 0 Å². The number of pyridine rings is 1. The van der Waals surface area contributed by atoms with Gasteiger partial charge in [0.25, 0.3) is 0 Å². The van der Waals surface area contributed by atoms with Crippen LogP contribution in [-0.4, -0.2) is 38.9 Å². The van der Waals surface area contributed by atoms with E-state index in [0.717, 1.165) is 29.8 Å². The number of aromatic nitrogens is 3. The molecule has 3 heterocycles. The van der Waals surface area contributed by atoms with E-state index < -0.39 is 0 Å². The lowest BCUT2D eigenvalue weighted by molar-refractivity contribution is -0.129. The molecule has 0 bridgehead atoms. The molecule has 5 nitrogen and oxygen atoms in total. The molecule has 100 valence electrons. The van der Waals surface area contributed by atoms with Crippen molar-refractivity contribution in [1.82, 2.24) is 19.4 Å². The fourth-order valence-corrected chi connectivity index (χ4v) is 2.77. The van der Waals surface area contributed by atoms with Gasteiger partial charge in [-0.3, -0.25) is 9.36 Å². The highest BCUT2D eigenvalue weighted by Crippen LogP contribution is 2.28. The van der Waals surface area contributed by atoms with Crippen LogP contribution in [0.1, 0.15) is 24.0 Å². The average Bonchev–Trinajstić information content (AvgIpc) is 2.91. The highest BCUT2D eigenvalue weighted by atomic mass is 35.5. The number of halogens is 1. The average molecular weight is 279 g/mol. The summed E-state index contributed by atoms with van der Waals surface area (Å²) in [5.74, 6) is 1.10. The molecule has 1 saturated heterocycles. The van der Waals surface area contributed by atoms with E-state index in [9.17, 15) is 4.79 Å². The van der Waals surface area contributed by atoms with Gasteiger partial charge in [-0.05, 0) is 25.5 Å². The maximum absolute atomic E-state index is 12.2. The monoisotopic (exact) mass is 278 g/mol. The summed E-state index contributed by atoms with van der Waals surface area (Å²) in [6, 6.07) is 3.62. The summed E-state index contributed by atoms with van der Waals surface area (Å²) in [4.78, 5) is 22.9. The molecular formula is C13H15ClN4O. The first-order valence-corrected chi connectivity index (χ1v) is 6.80. The van der Waals surface area contributed by atoms with Crippen LogP contribution in [0.25, 0.3) is 11.2 Å². The van der Waals surface area contributed by atoms with Gasteiger partial charge in [-0.15, -0.1) is 11.6 Å². The minimum absolute atomic E-state index is 0.106. The lowest BCUT2D eigenvalue weighted by atomic mass is 10.2. The quantitative estimate of drug-likeness (QED) is 0.788. The van der Waals surface area contributed by atoms with Gasteiger partial charge in [0.05, 0.1) is 5.88 Å². The summed E-state index contributed by atoms with van der Waals surface area (Å²) in [5.41, 5.74) is 2.46. The SMILES string of the molecule is Cc1ccc2nc(CCl)n(C3CCN(C)C3=O)c2n1. The van der Waals surface area contributed by atoms with Crippen molar-refractivity contribution in [2.24, 2.45) is 0 Å². The number of carbonyl (C=O) groups is 1. The Bertz CT molecular complexity index is 651. The zero-order chi connectivity index (χ0) is 13.6. The Morgan fingerprint density at radius 2 is 2.21 bits per heavy atom. The number of amides is 1. The molecule has 1 unspecified atom stereocenters. The number of carbonyl (C=O) groups excluding carboxylic acids is 1. The van der Waals surface area contributed by atoms with Crippen LogP contribution in [0.4, 0.5) is 0 Å². The van der Waals surface area contributed by atoms with E-state index in [2.05, 4.69) is 9.97 Å². The van der Waals surface area contributed by atoms with Crippen LogP contribution in [-0.2, 0) is 10.7 Å². The number of hydrogen-bond acceptors (Lipinski definition) is 3. The Balaban J connectivity index is 2.20. The molecule has 0 N–H and O–H groups in total. The van der Waals surface area contributed by atoms with Crippen LogP contribution in [0, 0.1) is 6.92 Å². The van der Waals surface area contributed by atoms with Gasteiger partial charge in [-0.25, -0.2) is 9.97 Å². The Morgan fingerprint density at radius 1 is 1.42 bits per heavy atom. The standard InChI is InChI=1S/C13H15ClN4O/c1-8-3-4-9-12(15-8)18(11(7-14)16-9)10-5-6-17(2)13(10)19/h3-4,10H,5-7H2,1-2H3. The van der Waals surface area contributed by atoms with Crippen molar-refractivity contribution in [2.75, 3.05) is 13.6 Å². The molecule has 0 aliphatic carbocycles. The summed E-state index contributed by atoms with van der Waals surface area (Å²) in [7, 11) is 1.82. The Labute approximate surface area is 116 Å². The van der Waals surface area contributed by atoms with Gasteiger partial charge < -0.3 is 4.90 Å². The number of nitrogens with zero attached hydrogens (tertiary/aromatic N) is 4. The maximum atomic E-state index is 12.2. The molecule has 0 saturated carbocycles. The number of alkyl halides is 1. The summed E-state index contributed by atoms with van der Waals surface area (Å²) in [6.07, 6.45) is 0.778. The van der Waals surface area contributed by atoms with E-state index in [0.29, 0.717) is 5.82 Å². The topological polar surface area (TPSA) is 51.0 Å². The Hall–Kier alpha value is -1.62. The molecule has 19 heavy (non-hydrogen) atoms. The van der Waals surface area contributed by atoms with E-state index in [-0.39, 0.29) is 17.8 Å². The van der Waals surface area contributed by atoms with Crippen LogP contribution >= 0.6 is 11.6 Å². The molecule has 0 radical (unpaired) electrons. The Kier molecular flexibility index (Phi) is 2.93. The molecule has 3 rings (SSSR count). The van der Waals surface area contributed by atoms with Gasteiger partial charge in [0.1, 0.15) is 17.4 Å². The van der Waals surface area contributed by atoms with Gasteiger partial charge in [-0.1, -0.05) is 0 Å². The second kappa shape index (κ2) is 4.49. The van der Waals surface area contributed by atoms with Crippen LogP contribution in [0.5, 0.6) is 0 Å². The normalized spacial score (nSPS) is 19.6. The minimum Gasteiger partial charge on any atom is -0.344 e. The largest absolute Gasteiger partial charge is 0.344 e. The highest BCUT2D eigenvalue weighted by molar-refractivity contribution is 6.16. The molecule has 1 atom stereocenters. The highest BCUT2D eigenvalue weighted by Gasteiger charge is 2.33. The molecule has 1 aliphatic rings. The number of rotatable bonds is 2. The van der Waals surface area contributed by atoms with Crippen LogP contribution < -0.4 is 0 Å². The van der Waals surface area contributed by atoms with Crippen molar-refractivity contribution >= 4 is 28.7 Å². The molecule has 0 aromatic carbocycles. The van der Waals surface area contributed by atoms with Crippen LogP contribution in [0.15, 0.2) is 12.1 Å². The molecule has 1 aliphatic heterocycles. The van der Waals surface area contributed by atoms with Crippen molar-refractivity contribution in [3.05, 3.63) is 23.7 Å². The fourth-order valence-electron chi connectivity index (χ4n) is 2.58. The number of hydrogen-bond donors (Lipinski definition) is 0. The van der Waals surface area contributed by atoms with Gasteiger partial charge in [0.2, 0.25) is 5.91 Å². The van der Waals surface area contributed by atoms with Gasteiger partial charge in [0.15, 0.2) is 5.65 Å². The first-order valence-electron chi connectivity index (χ1n) is 6.27. The van der Waals surface area contributed by atoms with E-state index in [4.69, 9.17) is 11.6 Å². The molecule has 6 heteroatoms. The third-order valence-electron chi connectivity index (χ3n) is 3.58. The Morgan fingerprint density at radius 3 is 2.84 bits per heavy atom. The van der Waals surface area contributed by atoms with Crippen LogP contribution in [0.2, 0.25) is 0 Å². The second-order valence-electron chi connectivity index (χ2n) is 4.89. The van der Waals surface area contributed by atoms with E-state index in [1.165, 1.54) is 0 Å². The van der Waals surface area contributed by atoms with Gasteiger partial charge >= 0.3 is 0 Å². The van der Waals surface area contributed by atoms with Gasteiger partial charge in [0, 0.05) is 19.3 Å². The molecule has 1 fully saturated rings. The summed E-state index contributed by atoms with van der Waals surface area (Å²) in [5, 5.41) is 0. The molecule has 0 spiro atoms. The molecule has 2 aromatic rings. The first-order chi connectivity index (χ1) is 9.11. The van der Waals surface area contributed by atoms with Crippen molar-refractivity contribution < 1.29 is 4.79 Å². The summed E-state index contributed by atoms with van der Waals surface area (Å²) in [6.45, 7) is 2.69. The lowest BCUT2D eigenvalue weighted by Gasteiger charge is -2.14. The van der Waals surface area contributed by atoms with Crippen molar-refractivity contribution in [2.45, 2.75) is 25.3 Å². The van der Waals surface area contributed by atoms with E-state index in [1.54, 1.807) is 4.90 Å². The maximum Gasteiger partial charge on any atom is 0.245 e. The fraction of sp³-hybridized carbons (Fsp3) is 0.462. The summed E-state index contributed by atoms with van der Waals surface area (Å²) < 4.78 is 1.90. The smallest absolute Gasteiger partial charge is 0.245 e. The summed E-state index contributed by atoms with van der Waals surface area (Å²) >= 11 is 5.97. The van der Waals surface area contributed by atoms with Crippen molar-refractivity contribution in [3.63, 3.8) is 0 Å². The van der Waals surface area contributed by atoms with Crippen molar-refractivity contribution in [3.8, 4) is 0 Å².